The second-order valence-electron chi connectivity index (χ2n) is 5.51. The smallest absolute Gasteiger partial charge is 0.182 e. The van der Waals surface area contributed by atoms with Crippen molar-refractivity contribution < 1.29 is 4.79 Å². The molecule has 1 aromatic heterocycles. The highest BCUT2D eigenvalue weighted by Crippen LogP contribution is 2.28. The molecule has 1 aliphatic carbocycles. The van der Waals surface area contributed by atoms with Crippen LogP contribution in [0.25, 0.3) is 10.8 Å². The predicted octanol–water partition coefficient (Wildman–Crippen LogP) is 4.39. The van der Waals surface area contributed by atoms with Gasteiger partial charge in [0.15, 0.2) is 5.78 Å². The summed E-state index contributed by atoms with van der Waals surface area (Å²) in [7, 11) is 0. The standard InChI is InChI=1S/C17H19NO/c19-16(12-13-6-2-1-3-7-13)17-15-9-5-4-8-14(15)10-11-18-17/h4-5,8-11,13H,1-3,6-7,12H2. The van der Waals surface area contributed by atoms with Gasteiger partial charge in [-0.1, -0.05) is 56.4 Å². The van der Waals surface area contributed by atoms with E-state index in [0.717, 1.165) is 10.8 Å². The molecule has 2 nitrogen and oxygen atoms in total. The topological polar surface area (TPSA) is 30.0 Å². The number of Topliss-reactive ketones (excluding diaryl/α,β-unsaturated/α-hetero) is 1. The molecule has 0 atom stereocenters. The second-order valence-corrected chi connectivity index (χ2v) is 5.51. The maximum Gasteiger partial charge on any atom is 0.182 e. The number of ketones is 1. The molecule has 1 fully saturated rings. The van der Waals surface area contributed by atoms with Crippen molar-refractivity contribution in [2.24, 2.45) is 5.92 Å². The molecule has 2 heteroatoms. The molecule has 0 aliphatic heterocycles. The first kappa shape index (κ1) is 12.3. The Balaban J connectivity index is 1.85. The first-order valence-electron chi connectivity index (χ1n) is 7.21. The Hall–Kier alpha value is -1.70. The van der Waals surface area contributed by atoms with Crippen LogP contribution in [0.15, 0.2) is 36.5 Å². The van der Waals surface area contributed by atoms with E-state index in [1.165, 1.54) is 32.1 Å². The van der Waals surface area contributed by atoms with E-state index in [0.29, 0.717) is 18.0 Å². The summed E-state index contributed by atoms with van der Waals surface area (Å²) in [6, 6.07) is 9.97. The molecular formula is C17H19NO. The third kappa shape index (κ3) is 2.67. The SMILES string of the molecule is O=C(CC1CCCCC1)c1nccc2ccccc12. The van der Waals surface area contributed by atoms with Crippen LogP contribution >= 0.6 is 0 Å². The third-order valence-electron chi connectivity index (χ3n) is 4.14. The molecule has 0 spiro atoms. The first-order chi connectivity index (χ1) is 9.34. The number of hydrogen-bond donors (Lipinski definition) is 0. The summed E-state index contributed by atoms with van der Waals surface area (Å²) in [5, 5.41) is 2.09. The second kappa shape index (κ2) is 5.52. The molecule has 0 radical (unpaired) electrons. The van der Waals surface area contributed by atoms with Crippen LogP contribution in [0.4, 0.5) is 0 Å². The highest BCUT2D eigenvalue weighted by Gasteiger charge is 2.19. The lowest BCUT2D eigenvalue weighted by Crippen LogP contribution is -2.13. The summed E-state index contributed by atoms with van der Waals surface area (Å²) in [5.74, 6) is 0.783. The van der Waals surface area contributed by atoms with E-state index < -0.39 is 0 Å². The lowest BCUT2D eigenvalue weighted by Gasteiger charge is -2.20. The van der Waals surface area contributed by atoms with Crippen molar-refractivity contribution in [1.82, 2.24) is 4.98 Å². The molecule has 0 N–H and O–H groups in total. The number of carbonyl (C=O) groups is 1. The lowest BCUT2D eigenvalue weighted by molar-refractivity contribution is 0.0947. The van der Waals surface area contributed by atoms with Gasteiger partial charge < -0.3 is 0 Å². The van der Waals surface area contributed by atoms with Gasteiger partial charge in [0.05, 0.1) is 0 Å². The third-order valence-corrected chi connectivity index (χ3v) is 4.14. The van der Waals surface area contributed by atoms with Gasteiger partial charge >= 0.3 is 0 Å². The Morgan fingerprint density at radius 1 is 1.11 bits per heavy atom. The minimum absolute atomic E-state index is 0.212. The van der Waals surface area contributed by atoms with E-state index in [-0.39, 0.29) is 5.78 Å². The number of nitrogens with zero attached hydrogens (tertiary/aromatic N) is 1. The monoisotopic (exact) mass is 253 g/mol. The lowest BCUT2D eigenvalue weighted by atomic mass is 9.85. The number of hydrogen-bond acceptors (Lipinski definition) is 2. The van der Waals surface area contributed by atoms with Crippen molar-refractivity contribution in [3.05, 3.63) is 42.2 Å². The Bertz CT molecular complexity index is 579. The van der Waals surface area contributed by atoms with Crippen molar-refractivity contribution in [3.63, 3.8) is 0 Å². The van der Waals surface area contributed by atoms with Crippen LogP contribution in [0.2, 0.25) is 0 Å². The van der Waals surface area contributed by atoms with Gasteiger partial charge in [-0.3, -0.25) is 9.78 Å². The average Bonchev–Trinajstić information content (AvgIpc) is 2.47. The fourth-order valence-corrected chi connectivity index (χ4v) is 3.09. The minimum Gasteiger partial charge on any atom is -0.292 e. The van der Waals surface area contributed by atoms with Crippen LogP contribution in [0.3, 0.4) is 0 Å². The van der Waals surface area contributed by atoms with Crippen LogP contribution < -0.4 is 0 Å². The van der Waals surface area contributed by atoms with Crippen molar-refractivity contribution in [1.29, 1.82) is 0 Å². The predicted molar refractivity (Wildman–Crippen MR) is 77.3 cm³/mol. The van der Waals surface area contributed by atoms with Gasteiger partial charge in [0.25, 0.3) is 0 Å². The molecule has 0 amide bonds. The molecule has 0 bridgehead atoms. The van der Waals surface area contributed by atoms with Crippen molar-refractivity contribution >= 4 is 16.6 Å². The Labute approximate surface area is 113 Å². The van der Waals surface area contributed by atoms with Crippen molar-refractivity contribution in [2.75, 3.05) is 0 Å². The zero-order valence-electron chi connectivity index (χ0n) is 11.1. The summed E-state index contributed by atoms with van der Waals surface area (Å²) in [5.41, 5.74) is 0.656. The van der Waals surface area contributed by atoms with E-state index in [1.807, 2.05) is 30.3 Å². The summed E-state index contributed by atoms with van der Waals surface area (Å²) in [6.45, 7) is 0. The number of fused-ring (bicyclic) bond motifs is 1. The normalized spacial score (nSPS) is 16.6. The first-order valence-corrected chi connectivity index (χ1v) is 7.21. The molecule has 0 unspecified atom stereocenters. The van der Waals surface area contributed by atoms with E-state index in [2.05, 4.69) is 4.98 Å². The van der Waals surface area contributed by atoms with Gasteiger partial charge in [-0.15, -0.1) is 0 Å². The summed E-state index contributed by atoms with van der Waals surface area (Å²) < 4.78 is 0. The van der Waals surface area contributed by atoms with Crippen LogP contribution in [-0.2, 0) is 0 Å². The number of rotatable bonds is 3. The number of pyridine rings is 1. The molecule has 1 aromatic carbocycles. The van der Waals surface area contributed by atoms with Gasteiger partial charge in [0.1, 0.15) is 5.69 Å². The Morgan fingerprint density at radius 2 is 1.89 bits per heavy atom. The largest absolute Gasteiger partial charge is 0.292 e. The minimum atomic E-state index is 0.212. The molecule has 3 rings (SSSR count). The average molecular weight is 253 g/mol. The maximum atomic E-state index is 12.5. The summed E-state index contributed by atoms with van der Waals surface area (Å²) in [4.78, 5) is 16.8. The van der Waals surface area contributed by atoms with Crippen LogP contribution in [0.5, 0.6) is 0 Å². The van der Waals surface area contributed by atoms with Gasteiger partial charge in [-0.25, -0.2) is 0 Å². The zero-order valence-corrected chi connectivity index (χ0v) is 11.1. The highest BCUT2D eigenvalue weighted by atomic mass is 16.1. The zero-order chi connectivity index (χ0) is 13.1. The Morgan fingerprint density at radius 3 is 2.74 bits per heavy atom. The van der Waals surface area contributed by atoms with E-state index >= 15 is 0 Å². The van der Waals surface area contributed by atoms with E-state index in [4.69, 9.17) is 0 Å². The van der Waals surface area contributed by atoms with Crippen LogP contribution in [0.1, 0.15) is 49.0 Å². The molecule has 19 heavy (non-hydrogen) atoms. The van der Waals surface area contributed by atoms with E-state index in [9.17, 15) is 4.79 Å². The molecule has 1 aliphatic rings. The van der Waals surface area contributed by atoms with Crippen LogP contribution in [0, 0.1) is 5.92 Å². The van der Waals surface area contributed by atoms with Gasteiger partial charge in [0.2, 0.25) is 0 Å². The fraction of sp³-hybridized carbons (Fsp3) is 0.412. The van der Waals surface area contributed by atoms with Crippen LogP contribution in [-0.4, -0.2) is 10.8 Å². The summed E-state index contributed by atoms with van der Waals surface area (Å²) >= 11 is 0. The molecule has 2 aromatic rings. The van der Waals surface area contributed by atoms with Gasteiger partial charge in [-0.2, -0.15) is 0 Å². The highest BCUT2D eigenvalue weighted by molar-refractivity contribution is 6.06. The molecule has 0 saturated heterocycles. The fourth-order valence-electron chi connectivity index (χ4n) is 3.09. The van der Waals surface area contributed by atoms with Crippen molar-refractivity contribution in [2.45, 2.75) is 38.5 Å². The number of benzene rings is 1. The molecule has 1 heterocycles. The van der Waals surface area contributed by atoms with Crippen molar-refractivity contribution in [3.8, 4) is 0 Å². The molecule has 98 valence electrons. The Kier molecular flexibility index (Phi) is 3.58. The van der Waals surface area contributed by atoms with Gasteiger partial charge in [0, 0.05) is 18.0 Å². The van der Waals surface area contributed by atoms with E-state index in [1.54, 1.807) is 6.20 Å². The summed E-state index contributed by atoms with van der Waals surface area (Å²) in [6.07, 6.45) is 8.71. The maximum absolute atomic E-state index is 12.5. The number of carbonyl (C=O) groups excluding carboxylic acids is 1. The quantitative estimate of drug-likeness (QED) is 0.759. The van der Waals surface area contributed by atoms with Gasteiger partial charge in [-0.05, 0) is 17.4 Å². The molecular weight excluding hydrogens is 234 g/mol. The number of aromatic nitrogens is 1. The molecule has 1 saturated carbocycles.